The maximum absolute atomic E-state index is 4.83. The predicted octanol–water partition coefficient (Wildman–Crippen LogP) is 4.94. The molecular weight excluding hydrogens is 256 g/mol. The lowest BCUT2D eigenvalue weighted by atomic mass is 9.87. The molecule has 0 radical (unpaired) electrons. The molecule has 2 heteroatoms. The van der Waals surface area contributed by atoms with Crippen molar-refractivity contribution >= 4 is 27.5 Å². The molecule has 4 aromatic rings. The Morgan fingerprint density at radius 2 is 1.76 bits per heavy atom. The van der Waals surface area contributed by atoms with Crippen LogP contribution in [0, 0.1) is 0 Å². The third-order valence-corrected chi connectivity index (χ3v) is 4.16. The summed E-state index contributed by atoms with van der Waals surface area (Å²) in [6, 6.07) is 17.2. The van der Waals surface area contributed by atoms with Crippen LogP contribution in [0.2, 0.25) is 0 Å². The van der Waals surface area contributed by atoms with Gasteiger partial charge in [0.25, 0.3) is 0 Å². The molecule has 2 heterocycles. The summed E-state index contributed by atoms with van der Waals surface area (Å²) in [6.07, 6.45) is 2.12. The van der Waals surface area contributed by atoms with E-state index in [2.05, 4.69) is 79.9 Å². The highest BCUT2D eigenvalue weighted by Crippen LogP contribution is 2.28. The molecule has 0 saturated heterocycles. The summed E-state index contributed by atoms with van der Waals surface area (Å²) in [5.74, 6) is 0. The maximum Gasteiger partial charge on any atom is 0.145 e. The van der Waals surface area contributed by atoms with E-state index in [1.165, 1.54) is 21.9 Å². The zero-order chi connectivity index (χ0) is 14.6. The third-order valence-electron chi connectivity index (χ3n) is 4.16. The second kappa shape index (κ2) is 4.08. The molecule has 0 aliphatic rings. The van der Waals surface area contributed by atoms with Gasteiger partial charge in [0.1, 0.15) is 5.65 Å². The standard InChI is InChI=1S/C19H18N2/c1-19(2,3)14-8-9-16-17(12-14)21-11-10-13-6-4-5-7-15(13)18(21)20-16/h4-12H,1-3H3. The molecule has 4 rings (SSSR count). The summed E-state index contributed by atoms with van der Waals surface area (Å²) in [4.78, 5) is 4.83. The molecule has 0 amide bonds. The first-order valence-electron chi connectivity index (χ1n) is 7.34. The Morgan fingerprint density at radius 1 is 0.952 bits per heavy atom. The molecule has 21 heavy (non-hydrogen) atoms. The van der Waals surface area contributed by atoms with E-state index in [0.29, 0.717) is 0 Å². The molecular formula is C19H18N2. The minimum Gasteiger partial charge on any atom is -0.299 e. The van der Waals surface area contributed by atoms with Gasteiger partial charge in [0, 0.05) is 11.6 Å². The molecule has 0 spiro atoms. The van der Waals surface area contributed by atoms with Crippen LogP contribution in [0.3, 0.4) is 0 Å². The highest BCUT2D eigenvalue weighted by Gasteiger charge is 2.16. The first-order valence-corrected chi connectivity index (χ1v) is 7.34. The fourth-order valence-corrected chi connectivity index (χ4v) is 2.90. The Hall–Kier alpha value is -2.35. The van der Waals surface area contributed by atoms with E-state index in [1.807, 2.05) is 0 Å². The van der Waals surface area contributed by atoms with Gasteiger partial charge in [-0.05, 0) is 34.6 Å². The first kappa shape index (κ1) is 12.4. The van der Waals surface area contributed by atoms with E-state index < -0.39 is 0 Å². The number of rotatable bonds is 0. The lowest BCUT2D eigenvalue weighted by molar-refractivity contribution is 0.591. The van der Waals surface area contributed by atoms with E-state index >= 15 is 0 Å². The van der Waals surface area contributed by atoms with Crippen LogP contribution in [0.1, 0.15) is 26.3 Å². The van der Waals surface area contributed by atoms with Crippen molar-refractivity contribution in [1.82, 2.24) is 9.38 Å². The number of hydrogen-bond acceptors (Lipinski definition) is 1. The lowest BCUT2D eigenvalue weighted by Crippen LogP contribution is -2.10. The Bertz CT molecular complexity index is 971. The molecule has 0 aliphatic carbocycles. The number of aromatic nitrogens is 2. The second-order valence-corrected chi connectivity index (χ2v) is 6.66. The topological polar surface area (TPSA) is 17.3 Å². The smallest absolute Gasteiger partial charge is 0.145 e. The van der Waals surface area contributed by atoms with Gasteiger partial charge in [0.15, 0.2) is 0 Å². The molecule has 0 atom stereocenters. The molecule has 0 unspecified atom stereocenters. The van der Waals surface area contributed by atoms with Crippen LogP contribution in [-0.4, -0.2) is 9.38 Å². The number of nitrogens with zero attached hydrogens (tertiary/aromatic N) is 2. The summed E-state index contributed by atoms with van der Waals surface area (Å²) in [5.41, 5.74) is 4.76. The number of pyridine rings is 1. The van der Waals surface area contributed by atoms with Gasteiger partial charge in [-0.2, -0.15) is 0 Å². The minimum absolute atomic E-state index is 0.148. The van der Waals surface area contributed by atoms with Crippen molar-refractivity contribution in [3.63, 3.8) is 0 Å². The SMILES string of the molecule is CC(C)(C)c1ccc2nc3c4ccccc4ccn3c2c1. The Kier molecular flexibility index (Phi) is 2.41. The molecule has 0 saturated carbocycles. The summed E-state index contributed by atoms with van der Waals surface area (Å²) in [5, 5.41) is 2.44. The van der Waals surface area contributed by atoms with E-state index in [9.17, 15) is 0 Å². The monoisotopic (exact) mass is 274 g/mol. The zero-order valence-electron chi connectivity index (χ0n) is 12.6. The summed E-state index contributed by atoms with van der Waals surface area (Å²) in [7, 11) is 0. The Balaban J connectivity index is 2.14. The largest absolute Gasteiger partial charge is 0.299 e. The van der Waals surface area contributed by atoms with E-state index in [-0.39, 0.29) is 5.41 Å². The molecule has 0 aliphatic heterocycles. The van der Waals surface area contributed by atoms with Crippen molar-refractivity contribution in [2.45, 2.75) is 26.2 Å². The van der Waals surface area contributed by atoms with Crippen molar-refractivity contribution in [2.24, 2.45) is 0 Å². The Morgan fingerprint density at radius 3 is 2.57 bits per heavy atom. The van der Waals surface area contributed by atoms with Crippen molar-refractivity contribution in [1.29, 1.82) is 0 Å². The number of fused-ring (bicyclic) bond motifs is 5. The van der Waals surface area contributed by atoms with Crippen LogP contribution in [0.5, 0.6) is 0 Å². The molecule has 0 N–H and O–H groups in total. The number of hydrogen-bond donors (Lipinski definition) is 0. The molecule has 2 nitrogen and oxygen atoms in total. The quantitative estimate of drug-likeness (QED) is 0.444. The molecule has 0 fully saturated rings. The second-order valence-electron chi connectivity index (χ2n) is 6.66. The van der Waals surface area contributed by atoms with Crippen LogP contribution in [-0.2, 0) is 5.41 Å². The number of benzene rings is 2. The van der Waals surface area contributed by atoms with Gasteiger partial charge in [-0.15, -0.1) is 0 Å². The minimum atomic E-state index is 0.148. The van der Waals surface area contributed by atoms with Crippen LogP contribution in [0.25, 0.3) is 27.5 Å². The van der Waals surface area contributed by atoms with E-state index in [1.54, 1.807) is 0 Å². The highest BCUT2D eigenvalue weighted by molar-refractivity contribution is 5.98. The van der Waals surface area contributed by atoms with Gasteiger partial charge in [-0.1, -0.05) is 51.1 Å². The van der Waals surface area contributed by atoms with Crippen LogP contribution in [0.15, 0.2) is 54.7 Å². The average Bonchev–Trinajstić information content (AvgIpc) is 2.84. The fourth-order valence-electron chi connectivity index (χ4n) is 2.90. The first-order chi connectivity index (χ1) is 10.0. The highest BCUT2D eigenvalue weighted by atomic mass is 15.0. The van der Waals surface area contributed by atoms with Crippen molar-refractivity contribution in [3.8, 4) is 0 Å². The summed E-state index contributed by atoms with van der Waals surface area (Å²) >= 11 is 0. The van der Waals surface area contributed by atoms with Crippen molar-refractivity contribution < 1.29 is 0 Å². The van der Waals surface area contributed by atoms with Gasteiger partial charge >= 0.3 is 0 Å². The van der Waals surface area contributed by atoms with Crippen LogP contribution >= 0.6 is 0 Å². The van der Waals surface area contributed by atoms with Crippen molar-refractivity contribution in [2.75, 3.05) is 0 Å². The zero-order valence-corrected chi connectivity index (χ0v) is 12.6. The summed E-state index contributed by atoms with van der Waals surface area (Å²) < 4.78 is 2.20. The normalized spacial score (nSPS) is 12.5. The van der Waals surface area contributed by atoms with Gasteiger partial charge < -0.3 is 0 Å². The van der Waals surface area contributed by atoms with Crippen LogP contribution < -0.4 is 0 Å². The van der Waals surface area contributed by atoms with Gasteiger partial charge in [0.2, 0.25) is 0 Å². The van der Waals surface area contributed by atoms with E-state index in [0.717, 1.165) is 11.2 Å². The summed E-state index contributed by atoms with van der Waals surface area (Å²) in [6.45, 7) is 6.73. The lowest BCUT2D eigenvalue weighted by Gasteiger charge is -2.18. The fraction of sp³-hybridized carbons (Fsp3) is 0.211. The average molecular weight is 274 g/mol. The van der Waals surface area contributed by atoms with Gasteiger partial charge in [-0.3, -0.25) is 4.40 Å². The Labute approximate surface area is 124 Å². The van der Waals surface area contributed by atoms with Crippen molar-refractivity contribution in [3.05, 3.63) is 60.3 Å². The molecule has 104 valence electrons. The van der Waals surface area contributed by atoms with Crippen LogP contribution in [0.4, 0.5) is 0 Å². The number of imidazole rings is 1. The third kappa shape index (κ3) is 1.83. The van der Waals surface area contributed by atoms with E-state index in [4.69, 9.17) is 4.98 Å². The molecule has 2 aromatic heterocycles. The maximum atomic E-state index is 4.83. The van der Waals surface area contributed by atoms with Gasteiger partial charge in [-0.25, -0.2) is 4.98 Å². The molecule has 0 bridgehead atoms. The molecule has 2 aromatic carbocycles. The van der Waals surface area contributed by atoms with Gasteiger partial charge in [0.05, 0.1) is 11.0 Å². The predicted molar refractivity (Wildman–Crippen MR) is 88.9 cm³/mol.